The van der Waals surface area contributed by atoms with Gasteiger partial charge in [0.25, 0.3) is 5.91 Å². The van der Waals surface area contributed by atoms with Gasteiger partial charge in [-0.2, -0.15) is 0 Å². The highest BCUT2D eigenvalue weighted by Gasteiger charge is 2.12. The highest BCUT2D eigenvalue weighted by Crippen LogP contribution is 2.17. The lowest BCUT2D eigenvalue weighted by molar-refractivity contribution is 0.0998. The third kappa shape index (κ3) is 2.63. The number of benzene rings is 1. The van der Waals surface area contributed by atoms with Gasteiger partial charge in [0.2, 0.25) is 5.91 Å². The van der Waals surface area contributed by atoms with Gasteiger partial charge in [0.1, 0.15) is 5.69 Å². The summed E-state index contributed by atoms with van der Waals surface area (Å²) in [6, 6.07) is 6.38. The quantitative estimate of drug-likeness (QED) is 0.775. The molecule has 21 heavy (non-hydrogen) atoms. The number of rotatable bonds is 3. The van der Waals surface area contributed by atoms with Crippen molar-refractivity contribution in [3.05, 3.63) is 52.8 Å². The van der Waals surface area contributed by atoms with Crippen LogP contribution in [0.25, 0.3) is 4.96 Å². The van der Waals surface area contributed by atoms with Crippen molar-refractivity contribution in [1.29, 1.82) is 0 Å². The Hall–Kier alpha value is -2.67. The molecular weight excluding hydrogens is 288 g/mol. The van der Waals surface area contributed by atoms with E-state index < -0.39 is 5.91 Å². The van der Waals surface area contributed by atoms with Crippen molar-refractivity contribution >= 4 is 33.8 Å². The number of aryl methyl sites for hydroxylation is 1. The van der Waals surface area contributed by atoms with Gasteiger partial charge in [-0.15, -0.1) is 11.3 Å². The van der Waals surface area contributed by atoms with E-state index in [4.69, 9.17) is 5.73 Å². The number of amides is 2. The second-order valence-electron chi connectivity index (χ2n) is 4.55. The zero-order chi connectivity index (χ0) is 15.0. The molecule has 2 aromatic heterocycles. The highest BCUT2D eigenvalue weighted by molar-refractivity contribution is 7.17. The molecule has 0 unspecified atom stereocenters. The Morgan fingerprint density at radius 1 is 1.24 bits per heavy atom. The summed E-state index contributed by atoms with van der Waals surface area (Å²) < 4.78 is 1.82. The van der Waals surface area contributed by atoms with Crippen molar-refractivity contribution in [2.75, 3.05) is 5.32 Å². The first kappa shape index (κ1) is 13.3. The molecule has 0 fully saturated rings. The van der Waals surface area contributed by atoms with E-state index in [1.54, 1.807) is 30.5 Å². The number of thiazole rings is 1. The number of aromatic nitrogens is 2. The first-order valence-electron chi connectivity index (χ1n) is 6.19. The molecule has 0 saturated carbocycles. The molecule has 0 spiro atoms. The number of imidazole rings is 1. The summed E-state index contributed by atoms with van der Waals surface area (Å²) in [4.78, 5) is 29.3. The Bertz CT molecular complexity index is 801. The molecule has 2 amide bonds. The molecule has 0 atom stereocenters. The van der Waals surface area contributed by atoms with Crippen LogP contribution < -0.4 is 11.1 Å². The van der Waals surface area contributed by atoms with Gasteiger partial charge < -0.3 is 11.1 Å². The van der Waals surface area contributed by atoms with Crippen LogP contribution in [-0.2, 0) is 0 Å². The molecule has 3 rings (SSSR count). The number of nitrogens with one attached hydrogen (secondary N) is 1. The van der Waals surface area contributed by atoms with E-state index in [-0.39, 0.29) is 5.91 Å². The van der Waals surface area contributed by atoms with Crippen LogP contribution in [0, 0.1) is 6.92 Å². The molecule has 3 N–H and O–H groups in total. The van der Waals surface area contributed by atoms with E-state index in [9.17, 15) is 9.59 Å². The number of primary amides is 1. The van der Waals surface area contributed by atoms with Gasteiger partial charge in [-0.05, 0) is 31.2 Å². The Morgan fingerprint density at radius 2 is 1.95 bits per heavy atom. The van der Waals surface area contributed by atoms with E-state index in [0.29, 0.717) is 16.9 Å². The Kier molecular flexibility index (Phi) is 3.19. The first-order chi connectivity index (χ1) is 10.0. The minimum absolute atomic E-state index is 0.296. The summed E-state index contributed by atoms with van der Waals surface area (Å²) in [6.07, 6.45) is 3.61. The minimum atomic E-state index is -0.502. The Labute approximate surface area is 124 Å². The fourth-order valence-corrected chi connectivity index (χ4v) is 2.74. The number of fused-ring (bicyclic) bond motifs is 1. The molecule has 0 aliphatic rings. The molecule has 1 aromatic carbocycles. The molecule has 3 aromatic rings. The summed E-state index contributed by atoms with van der Waals surface area (Å²) >= 11 is 1.52. The zero-order valence-corrected chi connectivity index (χ0v) is 12.0. The lowest BCUT2D eigenvalue weighted by Gasteiger charge is -2.03. The summed E-state index contributed by atoms with van der Waals surface area (Å²) in [5.41, 5.74) is 6.48. The predicted molar refractivity (Wildman–Crippen MR) is 80.7 cm³/mol. The highest BCUT2D eigenvalue weighted by atomic mass is 32.1. The van der Waals surface area contributed by atoms with Crippen molar-refractivity contribution in [2.24, 2.45) is 5.73 Å². The second kappa shape index (κ2) is 5.02. The van der Waals surface area contributed by atoms with Crippen LogP contribution in [0.3, 0.4) is 0 Å². The largest absolute Gasteiger partial charge is 0.366 e. The fourth-order valence-electron chi connectivity index (χ4n) is 1.93. The fraction of sp³-hybridized carbons (Fsp3) is 0.0714. The monoisotopic (exact) mass is 300 g/mol. The van der Waals surface area contributed by atoms with Crippen LogP contribution in [0.2, 0.25) is 0 Å². The maximum atomic E-state index is 12.1. The van der Waals surface area contributed by atoms with E-state index in [1.807, 2.05) is 17.5 Å². The van der Waals surface area contributed by atoms with Crippen LogP contribution in [0.1, 0.15) is 25.7 Å². The van der Waals surface area contributed by atoms with Crippen LogP contribution >= 0.6 is 11.3 Å². The third-order valence-corrected chi connectivity index (χ3v) is 3.84. The number of nitrogens with two attached hydrogens (primary N) is 1. The van der Waals surface area contributed by atoms with Gasteiger partial charge in [0, 0.05) is 28.5 Å². The molecule has 0 saturated heterocycles. The maximum Gasteiger partial charge on any atom is 0.275 e. The number of nitrogens with zero attached hydrogens (tertiary/aromatic N) is 2. The van der Waals surface area contributed by atoms with Gasteiger partial charge in [-0.25, -0.2) is 4.98 Å². The van der Waals surface area contributed by atoms with Crippen LogP contribution in [0.4, 0.5) is 5.69 Å². The Morgan fingerprint density at radius 3 is 2.57 bits per heavy atom. The zero-order valence-electron chi connectivity index (χ0n) is 11.2. The molecular formula is C14H12N4O2S. The summed E-state index contributed by atoms with van der Waals surface area (Å²) in [5.74, 6) is -0.798. The van der Waals surface area contributed by atoms with Crippen molar-refractivity contribution in [1.82, 2.24) is 9.38 Å². The van der Waals surface area contributed by atoms with Gasteiger partial charge in [-0.3, -0.25) is 14.0 Å². The lowest BCUT2D eigenvalue weighted by Crippen LogP contribution is -2.13. The third-order valence-electron chi connectivity index (χ3n) is 2.93. The Balaban J connectivity index is 1.78. The first-order valence-corrected chi connectivity index (χ1v) is 7.01. The van der Waals surface area contributed by atoms with Gasteiger partial charge in [0.15, 0.2) is 4.96 Å². The summed E-state index contributed by atoms with van der Waals surface area (Å²) in [7, 11) is 0. The average molecular weight is 300 g/mol. The molecule has 0 bridgehead atoms. The molecule has 6 nitrogen and oxygen atoms in total. The molecule has 0 aliphatic heterocycles. The molecule has 7 heteroatoms. The number of anilines is 1. The number of carbonyl (C=O) groups excluding carboxylic acids is 2. The molecule has 0 aliphatic carbocycles. The number of hydrogen-bond acceptors (Lipinski definition) is 4. The molecule has 0 radical (unpaired) electrons. The van der Waals surface area contributed by atoms with E-state index in [1.165, 1.54) is 11.3 Å². The van der Waals surface area contributed by atoms with Crippen molar-refractivity contribution < 1.29 is 9.59 Å². The van der Waals surface area contributed by atoms with Gasteiger partial charge in [-0.1, -0.05) is 0 Å². The van der Waals surface area contributed by atoms with Crippen molar-refractivity contribution in [3.63, 3.8) is 0 Å². The maximum absolute atomic E-state index is 12.1. The van der Waals surface area contributed by atoms with Gasteiger partial charge >= 0.3 is 0 Å². The van der Waals surface area contributed by atoms with Crippen molar-refractivity contribution in [3.8, 4) is 0 Å². The average Bonchev–Trinajstić information content (AvgIpc) is 2.96. The summed E-state index contributed by atoms with van der Waals surface area (Å²) in [6.45, 7) is 1.99. The number of carbonyl (C=O) groups is 2. The summed E-state index contributed by atoms with van der Waals surface area (Å²) in [5, 5.41) is 2.73. The minimum Gasteiger partial charge on any atom is -0.366 e. The van der Waals surface area contributed by atoms with E-state index in [0.717, 1.165) is 9.84 Å². The van der Waals surface area contributed by atoms with Crippen LogP contribution in [0.15, 0.2) is 36.7 Å². The number of hydrogen-bond donors (Lipinski definition) is 2. The molecule has 106 valence electrons. The normalized spacial score (nSPS) is 10.7. The lowest BCUT2D eigenvalue weighted by atomic mass is 10.2. The molecule has 2 heterocycles. The van der Waals surface area contributed by atoms with E-state index in [2.05, 4.69) is 10.3 Å². The van der Waals surface area contributed by atoms with E-state index >= 15 is 0 Å². The van der Waals surface area contributed by atoms with Crippen LogP contribution in [0.5, 0.6) is 0 Å². The standard InChI is InChI=1S/C14H12N4O2S/c1-8-6-18-7-11(17-14(18)21-8)13(20)16-10-4-2-9(3-5-10)12(15)19/h2-7H,1H3,(H2,15,19)(H,16,20). The van der Waals surface area contributed by atoms with Crippen molar-refractivity contribution in [2.45, 2.75) is 6.92 Å². The second-order valence-corrected chi connectivity index (χ2v) is 5.77. The topological polar surface area (TPSA) is 89.5 Å². The SMILES string of the molecule is Cc1cn2cc(C(=O)Nc3ccc(C(N)=O)cc3)nc2s1. The smallest absolute Gasteiger partial charge is 0.275 e. The predicted octanol–water partition coefficient (Wildman–Crippen LogP) is 2.06. The van der Waals surface area contributed by atoms with Crippen LogP contribution in [-0.4, -0.2) is 21.2 Å². The van der Waals surface area contributed by atoms with Gasteiger partial charge in [0.05, 0.1) is 0 Å².